The number of nitro benzene ring substituents is 1. The third kappa shape index (κ3) is 4.09. The Bertz CT molecular complexity index is 1360. The van der Waals surface area contributed by atoms with Crippen LogP contribution in [0, 0.1) is 34.2 Å². The average molecular weight is 433 g/mol. The molecule has 9 nitrogen and oxygen atoms in total. The quantitative estimate of drug-likeness (QED) is 0.372. The SMILES string of the molecule is CC.Cc1cc(Cn2cnc3c(-c4cccc(C#N)c4F)nc(N)nc32)ccc1[N+](=O)[O-]. The van der Waals surface area contributed by atoms with Gasteiger partial charge in [0.2, 0.25) is 5.95 Å². The van der Waals surface area contributed by atoms with Gasteiger partial charge >= 0.3 is 0 Å². The summed E-state index contributed by atoms with van der Waals surface area (Å²) in [6.45, 7) is 5.99. The number of benzene rings is 2. The van der Waals surface area contributed by atoms with Crippen molar-refractivity contribution < 1.29 is 9.31 Å². The molecule has 162 valence electrons. The molecule has 0 radical (unpaired) electrons. The Morgan fingerprint density at radius 1 is 1.25 bits per heavy atom. The molecular weight excluding hydrogens is 413 g/mol. The van der Waals surface area contributed by atoms with Crippen molar-refractivity contribution in [1.82, 2.24) is 19.5 Å². The van der Waals surface area contributed by atoms with Crippen LogP contribution in [0.5, 0.6) is 0 Å². The third-order valence-corrected chi connectivity index (χ3v) is 4.67. The summed E-state index contributed by atoms with van der Waals surface area (Å²) in [5, 5.41) is 20.1. The minimum Gasteiger partial charge on any atom is -0.368 e. The van der Waals surface area contributed by atoms with E-state index in [2.05, 4.69) is 15.0 Å². The van der Waals surface area contributed by atoms with Crippen LogP contribution in [-0.4, -0.2) is 24.4 Å². The van der Waals surface area contributed by atoms with Gasteiger partial charge in [-0.05, 0) is 30.7 Å². The third-order valence-electron chi connectivity index (χ3n) is 4.67. The van der Waals surface area contributed by atoms with E-state index in [4.69, 9.17) is 11.0 Å². The number of rotatable bonds is 4. The summed E-state index contributed by atoms with van der Waals surface area (Å²) >= 11 is 0. The van der Waals surface area contributed by atoms with Crippen molar-refractivity contribution in [1.29, 1.82) is 5.26 Å². The van der Waals surface area contributed by atoms with Crippen molar-refractivity contribution in [3.63, 3.8) is 0 Å². The van der Waals surface area contributed by atoms with Crippen LogP contribution in [0.3, 0.4) is 0 Å². The van der Waals surface area contributed by atoms with E-state index < -0.39 is 10.7 Å². The lowest BCUT2D eigenvalue weighted by molar-refractivity contribution is -0.385. The molecule has 4 rings (SSSR count). The molecule has 0 saturated carbocycles. The van der Waals surface area contributed by atoms with Crippen molar-refractivity contribution >= 4 is 22.8 Å². The number of aromatic nitrogens is 4. The summed E-state index contributed by atoms with van der Waals surface area (Å²) in [5.74, 6) is -0.777. The first-order chi connectivity index (χ1) is 15.4. The molecule has 0 aliphatic carbocycles. The Kier molecular flexibility index (Phi) is 6.39. The van der Waals surface area contributed by atoms with Gasteiger partial charge in [0.15, 0.2) is 5.65 Å². The van der Waals surface area contributed by atoms with Crippen LogP contribution in [0.25, 0.3) is 22.4 Å². The number of hydrogen-bond acceptors (Lipinski definition) is 7. The van der Waals surface area contributed by atoms with Gasteiger partial charge < -0.3 is 10.3 Å². The van der Waals surface area contributed by atoms with Gasteiger partial charge in [0, 0.05) is 17.2 Å². The molecule has 0 aliphatic heterocycles. The highest BCUT2D eigenvalue weighted by molar-refractivity contribution is 5.88. The number of aryl methyl sites for hydroxylation is 1. The van der Waals surface area contributed by atoms with Crippen LogP contribution in [0.2, 0.25) is 0 Å². The fourth-order valence-electron chi connectivity index (χ4n) is 3.28. The van der Waals surface area contributed by atoms with Gasteiger partial charge in [0.25, 0.3) is 5.69 Å². The van der Waals surface area contributed by atoms with Crippen LogP contribution >= 0.6 is 0 Å². The van der Waals surface area contributed by atoms with Crippen LogP contribution in [0.15, 0.2) is 42.7 Å². The first kappa shape index (κ1) is 22.3. The summed E-state index contributed by atoms with van der Waals surface area (Å²) in [7, 11) is 0. The van der Waals surface area contributed by atoms with Gasteiger partial charge in [-0.3, -0.25) is 10.1 Å². The number of halogens is 1. The van der Waals surface area contributed by atoms with E-state index >= 15 is 0 Å². The molecular formula is C22H20FN7O2. The summed E-state index contributed by atoms with van der Waals surface area (Å²) in [6, 6.07) is 11.0. The van der Waals surface area contributed by atoms with Crippen molar-refractivity contribution in [3.05, 3.63) is 75.3 Å². The van der Waals surface area contributed by atoms with Crippen molar-refractivity contribution in [2.75, 3.05) is 5.73 Å². The van der Waals surface area contributed by atoms with E-state index in [-0.39, 0.29) is 28.5 Å². The first-order valence-electron chi connectivity index (χ1n) is 9.80. The summed E-state index contributed by atoms with van der Waals surface area (Å²) < 4.78 is 16.4. The van der Waals surface area contributed by atoms with Crippen molar-refractivity contribution in [3.8, 4) is 17.3 Å². The molecule has 2 aromatic carbocycles. The minimum atomic E-state index is -0.708. The molecule has 0 amide bonds. The minimum absolute atomic E-state index is 0.0379. The Morgan fingerprint density at radius 2 is 2.00 bits per heavy atom. The number of nitro groups is 1. The van der Waals surface area contributed by atoms with Gasteiger partial charge in [-0.2, -0.15) is 10.2 Å². The number of nitrogens with zero attached hydrogens (tertiary/aromatic N) is 6. The molecule has 32 heavy (non-hydrogen) atoms. The van der Waals surface area contributed by atoms with E-state index in [0.29, 0.717) is 23.3 Å². The second-order valence-electron chi connectivity index (χ2n) is 6.63. The van der Waals surface area contributed by atoms with Crippen LogP contribution in [-0.2, 0) is 6.54 Å². The molecule has 2 N–H and O–H groups in total. The molecule has 10 heteroatoms. The average Bonchev–Trinajstić information content (AvgIpc) is 3.17. The van der Waals surface area contributed by atoms with E-state index in [0.717, 1.165) is 5.56 Å². The normalized spacial score (nSPS) is 10.3. The zero-order valence-electron chi connectivity index (χ0n) is 17.7. The molecule has 0 saturated heterocycles. The molecule has 2 heterocycles. The molecule has 0 aliphatic rings. The number of nitrogens with two attached hydrogens (primary N) is 1. The standard InChI is InChI=1S/C20H14FN7O2.C2H6/c1-11-7-12(5-6-15(11)28(29)30)9-27-10-24-18-17(25-20(23)26-19(18)27)14-4-2-3-13(8-22)16(14)21;1-2/h2-7,10H,9H2,1H3,(H2,23,25,26);1-2H3. The van der Waals surface area contributed by atoms with Gasteiger partial charge in [-0.15, -0.1) is 0 Å². The van der Waals surface area contributed by atoms with Crippen LogP contribution in [0.4, 0.5) is 16.0 Å². The monoisotopic (exact) mass is 433 g/mol. The second-order valence-corrected chi connectivity index (χ2v) is 6.63. The smallest absolute Gasteiger partial charge is 0.272 e. The van der Waals surface area contributed by atoms with E-state index in [9.17, 15) is 14.5 Å². The number of anilines is 1. The summed E-state index contributed by atoms with van der Waals surface area (Å²) in [5.41, 5.74) is 8.12. The number of fused-ring (bicyclic) bond motifs is 1. The first-order valence-corrected chi connectivity index (χ1v) is 9.80. The maximum Gasteiger partial charge on any atom is 0.272 e. The maximum absolute atomic E-state index is 14.7. The van der Waals surface area contributed by atoms with Gasteiger partial charge in [0.05, 0.1) is 23.4 Å². The molecule has 4 aromatic rings. The summed E-state index contributed by atoms with van der Waals surface area (Å²) in [4.78, 5) is 23.3. The number of hydrogen-bond donors (Lipinski definition) is 1. The summed E-state index contributed by atoms with van der Waals surface area (Å²) in [6.07, 6.45) is 1.52. The van der Waals surface area contributed by atoms with Gasteiger partial charge in [0.1, 0.15) is 23.1 Å². The molecule has 2 aromatic heterocycles. The predicted molar refractivity (Wildman–Crippen MR) is 118 cm³/mol. The topological polar surface area (TPSA) is 137 Å². The molecule has 0 bridgehead atoms. The fourth-order valence-corrected chi connectivity index (χ4v) is 3.28. The number of nitrogen functional groups attached to an aromatic ring is 1. The Morgan fingerprint density at radius 3 is 2.66 bits per heavy atom. The van der Waals surface area contributed by atoms with E-state index in [1.54, 1.807) is 35.8 Å². The zero-order chi connectivity index (χ0) is 23.4. The maximum atomic E-state index is 14.7. The predicted octanol–water partition coefficient (Wildman–Crippen LogP) is 4.38. The van der Waals surface area contributed by atoms with E-state index in [1.165, 1.54) is 24.5 Å². The largest absolute Gasteiger partial charge is 0.368 e. The van der Waals surface area contributed by atoms with Gasteiger partial charge in [-0.1, -0.05) is 26.0 Å². The Balaban J connectivity index is 0.00000141. The number of nitriles is 1. The highest BCUT2D eigenvalue weighted by Gasteiger charge is 2.19. The lowest BCUT2D eigenvalue weighted by atomic mass is 10.1. The van der Waals surface area contributed by atoms with Gasteiger partial charge in [-0.25, -0.2) is 14.4 Å². The Hall–Kier alpha value is -4.39. The zero-order valence-corrected chi connectivity index (χ0v) is 17.7. The highest BCUT2D eigenvalue weighted by atomic mass is 19.1. The van der Waals surface area contributed by atoms with E-state index in [1.807, 2.05) is 13.8 Å². The molecule has 0 unspecified atom stereocenters. The molecule has 0 fully saturated rings. The highest BCUT2D eigenvalue weighted by Crippen LogP contribution is 2.29. The molecule has 0 atom stereocenters. The number of imidazole rings is 1. The van der Waals surface area contributed by atoms with Crippen molar-refractivity contribution in [2.24, 2.45) is 0 Å². The molecule has 0 spiro atoms. The van der Waals surface area contributed by atoms with Crippen LogP contribution in [0.1, 0.15) is 30.5 Å². The van der Waals surface area contributed by atoms with Crippen LogP contribution < -0.4 is 5.73 Å². The second kappa shape index (κ2) is 9.18. The lowest BCUT2D eigenvalue weighted by Crippen LogP contribution is -2.04. The Labute approximate surface area is 183 Å². The fraction of sp³-hybridized carbons (Fsp3) is 0.182. The van der Waals surface area contributed by atoms with Crippen molar-refractivity contribution in [2.45, 2.75) is 27.3 Å². The lowest BCUT2D eigenvalue weighted by Gasteiger charge is -2.08.